The molecule has 1 aromatic heterocycles. The molecule has 100 valence electrons. The Bertz CT molecular complexity index is 536. The van der Waals surface area contributed by atoms with Crippen LogP contribution in [0.1, 0.15) is 32.6 Å². The molecule has 1 heterocycles. The third-order valence-electron chi connectivity index (χ3n) is 2.93. The van der Waals surface area contributed by atoms with Crippen molar-refractivity contribution in [1.29, 1.82) is 0 Å². The maximum Gasteiger partial charge on any atom is 0.261 e. The molecule has 0 aliphatic heterocycles. The van der Waals surface area contributed by atoms with E-state index in [4.69, 9.17) is 5.73 Å². The molecule has 0 fully saturated rings. The maximum atomic E-state index is 11.8. The van der Waals surface area contributed by atoms with Crippen LogP contribution in [0.2, 0.25) is 0 Å². The van der Waals surface area contributed by atoms with Crippen molar-refractivity contribution in [2.24, 2.45) is 5.73 Å². The van der Waals surface area contributed by atoms with Crippen LogP contribution in [-0.4, -0.2) is 12.5 Å². The van der Waals surface area contributed by atoms with Crippen LogP contribution in [0, 0.1) is 6.92 Å². The highest BCUT2D eigenvalue weighted by Crippen LogP contribution is 2.15. The third-order valence-corrected chi connectivity index (χ3v) is 3.93. The molecule has 1 amide bonds. The van der Waals surface area contributed by atoms with E-state index in [1.54, 1.807) is 0 Å². The minimum absolute atomic E-state index is 0.0154. The number of nitrogens with two attached hydrogens (primary N) is 1. The molecule has 1 atom stereocenters. The lowest BCUT2D eigenvalue weighted by atomic mass is 10.1. The zero-order chi connectivity index (χ0) is 13.7. The molecule has 0 spiro atoms. The predicted molar refractivity (Wildman–Crippen MR) is 79.4 cm³/mol. The van der Waals surface area contributed by atoms with Gasteiger partial charge in [0.2, 0.25) is 0 Å². The van der Waals surface area contributed by atoms with Gasteiger partial charge < -0.3 is 11.1 Å². The van der Waals surface area contributed by atoms with Crippen molar-refractivity contribution in [2.45, 2.75) is 19.4 Å². The number of nitrogens with one attached hydrogen (secondary N) is 1. The molecule has 1 aromatic carbocycles. The van der Waals surface area contributed by atoms with Gasteiger partial charge in [-0.2, -0.15) is 0 Å². The summed E-state index contributed by atoms with van der Waals surface area (Å²) >= 11 is 1.51. The Morgan fingerprint density at radius 1 is 1.26 bits per heavy atom. The largest absolute Gasteiger partial charge is 0.351 e. The van der Waals surface area contributed by atoms with Crippen LogP contribution >= 0.6 is 11.3 Å². The second-order valence-electron chi connectivity index (χ2n) is 4.47. The molecular formula is C15H18N2OS. The van der Waals surface area contributed by atoms with Crippen molar-refractivity contribution < 1.29 is 4.79 Å². The molecule has 0 saturated carbocycles. The number of rotatable bonds is 5. The number of hydrogen-bond donors (Lipinski definition) is 2. The molecule has 1 unspecified atom stereocenters. The first-order valence-electron chi connectivity index (χ1n) is 6.32. The second kappa shape index (κ2) is 6.50. The topological polar surface area (TPSA) is 55.1 Å². The van der Waals surface area contributed by atoms with E-state index < -0.39 is 0 Å². The quantitative estimate of drug-likeness (QED) is 0.881. The fourth-order valence-corrected chi connectivity index (χ4v) is 2.64. The van der Waals surface area contributed by atoms with Gasteiger partial charge in [-0.3, -0.25) is 4.79 Å². The lowest BCUT2D eigenvalue weighted by Gasteiger charge is -2.12. The number of aryl methyl sites for hydroxylation is 1. The normalized spacial score (nSPS) is 12.1. The lowest BCUT2D eigenvalue weighted by molar-refractivity contribution is 0.0956. The first-order valence-corrected chi connectivity index (χ1v) is 7.13. The molecule has 3 N–H and O–H groups in total. The van der Waals surface area contributed by atoms with Gasteiger partial charge in [0.05, 0.1) is 4.88 Å². The number of thiophene rings is 1. The van der Waals surface area contributed by atoms with Gasteiger partial charge >= 0.3 is 0 Å². The maximum absolute atomic E-state index is 11.8. The summed E-state index contributed by atoms with van der Waals surface area (Å²) < 4.78 is 0. The Balaban J connectivity index is 1.79. The minimum atomic E-state index is -0.0356. The first-order chi connectivity index (χ1) is 9.16. The van der Waals surface area contributed by atoms with E-state index >= 15 is 0 Å². The van der Waals surface area contributed by atoms with Gasteiger partial charge in [0.15, 0.2) is 0 Å². The lowest BCUT2D eigenvalue weighted by Crippen LogP contribution is -2.26. The van der Waals surface area contributed by atoms with Crippen LogP contribution in [0.25, 0.3) is 0 Å². The molecule has 4 heteroatoms. The molecule has 2 aromatic rings. The molecule has 0 bridgehead atoms. The van der Waals surface area contributed by atoms with Gasteiger partial charge in [-0.15, -0.1) is 11.3 Å². The van der Waals surface area contributed by atoms with E-state index in [9.17, 15) is 4.79 Å². The van der Waals surface area contributed by atoms with Crippen molar-refractivity contribution in [3.05, 3.63) is 57.8 Å². The number of benzene rings is 1. The van der Waals surface area contributed by atoms with Crippen LogP contribution < -0.4 is 11.1 Å². The van der Waals surface area contributed by atoms with E-state index in [0.717, 1.165) is 21.7 Å². The standard InChI is InChI=1S/C15H18N2OS/c1-11-7-8-14(19-11)15(18)17-10-9-13(16)12-5-3-2-4-6-12/h2-8,13H,9-10,16H2,1H3,(H,17,18). The van der Waals surface area contributed by atoms with E-state index in [1.807, 2.05) is 49.4 Å². The number of amides is 1. The van der Waals surface area contributed by atoms with Crippen molar-refractivity contribution >= 4 is 17.2 Å². The van der Waals surface area contributed by atoms with E-state index in [-0.39, 0.29) is 11.9 Å². The van der Waals surface area contributed by atoms with E-state index in [2.05, 4.69) is 5.32 Å². The Morgan fingerprint density at radius 3 is 2.63 bits per heavy atom. The van der Waals surface area contributed by atoms with Crippen LogP contribution in [0.15, 0.2) is 42.5 Å². The smallest absolute Gasteiger partial charge is 0.261 e. The summed E-state index contributed by atoms with van der Waals surface area (Å²) in [6.45, 7) is 2.58. The van der Waals surface area contributed by atoms with Gasteiger partial charge in [-0.1, -0.05) is 30.3 Å². The Labute approximate surface area is 117 Å². The Hall–Kier alpha value is -1.65. The SMILES string of the molecule is Cc1ccc(C(=O)NCCC(N)c2ccccc2)s1. The molecule has 0 radical (unpaired) electrons. The fourth-order valence-electron chi connectivity index (χ4n) is 1.85. The van der Waals surface area contributed by atoms with Crippen molar-refractivity contribution in [3.63, 3.8) is 0 Å². The van der Waals surface area contributed by atoms with Crippen LogP contribution in [0.3, 0.4) is 0 Å². The molecule has 0 saturated heterocycles. The summed E-state index contributed by atoms with van der Waals surface area (Å²) in [5, 5.41) is 2.90. The second-order valence-corrected chi connectivity index (χ2v) is 5.76. The van der Waals surface area contributed by atoms with Gasteiger partial charge in [-0.25, -0.2) is 0 Å². The van der Waals surface area contributed by atoms with E-state index in [0.29, 0.717) is 6.54 Å². The van der Waals surface area contributed by atoms with Gasteiger partial charge in [0.25, 0.3) is 5.91 Å². The van der Waals surface area contributed by atoms with Gasteiger partial charge in [-0.05, 0) is 31.0 Å². The molecule has 3 nitrogen and oxygen atoms in total. The van der Waals surface area contributed by atoms with Gasteiger partial charge in [0, 0.05) is 17.5 Å². The van der Waals surface area contributed by atoms with E-state index in [1.165, 1.54) is 11.3 Å². The summed E-state index contributed by atoms with van der Waals surface area (Å²) in [5.41, 5.74) is 7.18. The number of carbonyl (C=O) groups is 1. The molecule has 0 aliphatic rings. The monoisotopic (exact) mass is 274 g/mol. The van der Waals surface area contributed by atoms with Crippen LogP contribution in [-0.2, 0) is 0 Å². The summed E-state index contributed by atoms with van der Waals surface area (Å²) in [6.07, 6.45) is 0.736. The van der Waals surface area contributed by atoms with Crippen LogP contribution in [0.4, 0.5) is 0 Å². The zero-order valence-corrected chi connectivity index (χ0v) is 11.7. The highest BCUT2D eigenvalue weighted by molar-refractivity contribution is 7.13. The number of carbonyl (C=O) groups excluding carboxylic acids is 1. The Kier molecular flexibility index (Phi) is 4.71. The average molecular weight is 274 g/mol. The van der Waals surface area contributed by atoms with Crippen molar-refractivity contribution in [1.82, 2.24) is 5.32 Å². The zero-order valence-electron chi connectivity index (χ0n) is 10.9. The summed E-state index contributed by atoms with van der Waals surface area (Å²) in [5.74, 6) is -0.0154. The predicted octanol–water partition coefficient (Wildman–Crippen LogP) is 2.88. The summed E-state index contributed by atoms with van der Waals surface area (Å²) in [7, 11) is 0. The molecular weight excluding hydrogens is 256 g/mol. The number of hydrogen-bond acceptors (Lipinski definition) is 3. The average Bonchev–Trinajstić information content (AvgIpc) is 2.86. The highest BCUT2D eigenvalue weighted by Gasteiger charge is 2.09. The van der Waals surface area contributed by atoms with Gasteiger partial charge in [0.1, 0.15) is 0 Å². The van der Waals surface area contributed by atoms with Crippen molar-refractivity contribution in [2.75, 3.05) is 6.54 Å². The summed E-state index contributed by atoms with van der Waals surface area (Å²) in [4.78, 5) is 13.7. The molecule has 2 rings (SSSR count). The molecule has 0 aliphatic carbocycles. The highest BCUT2D eigenvalue weighted by atomic mass is 32.1. The fraction of sp³-hybridized carbons (Fsp3) is 0.267. The summed E-state index contributed by atoms with van der Waals surface area (Å²) in [6, 6.07) is 13.7. The first kappa shape index (κ1) is 13.8. The minimum Gasteiger partial charge on any atom is -0.351 e. The third kappa shape index (κ3) is 3.91. The van der Waals surface area contributed by atoms with Crippen LogP contribution in [0.5, 0.6) is 0 Å². The molecule has 19 heavy (non-hydrogen) atoms. The Morgan fingerprint density at radius 2 is 2.00 bits per heavy atom. The van der Waals surface area contributed by atoms with Crippen molar-refractivity contribution in [3.8, 4) is 0 Å².